The standard InChI is InChI=1S/C18H29ClN2/c1-3-12-20-18(16-7-9-17(19)10-8-16)11-13-21(2)14-15-5-4-6-15/h7-10,15,18,20H,3-6,11-14H2,1-2H3. The second-order valence-corrected chi connectivity index (χ2v) is 6.84. The number of benzene rings is 1. The Morgan fingerprint density at radius 1 is 1.29 bits per heavy atom. The van der Waals surface area contributed by atoms with E-state index in [0.717, 1.165) is 30.5 Å². The molecule has 3 heteroatoms. The van der Waals surface area contributed by atoms with Crippen LogP contribution in [0.25, 0.3) is 0 Å². The largest absolute Gasteiger partial charge is 0.310 e. The van der Waals surface area contributed by atoms with Crippen LogP contribution in [0.4, 0.5) is 0 Å². The second-order valence-electron chi connectivity index (χ2n) is 6.41. The van der Waals surface area contributed by atoms with Gasteiger partial charge in [0, 0.05) is 17.6 Å². The third-order valence-electron chi connectivity index (χ3n) is 4.51. The van der Waals surface area contributed by atoms with Gasteiger partial charge in [0.15, 0.2) is 0 Å². The number of hydrogen-bond acceptors (Lipinski definition) is 2. The van der Waals surface area contributed by atoms with E-state index in [0.29, 0.717) is 6.04 Å². The van der Waals surface area contributed by atoms with Gasteiger partial charge in [-0.05, 0) is 69.4 Å². The first-order valence-electron chi connectivity index (χ1n) is 8.36. The van der Waals surface area contributed by atoms with Crippen molar-refractivity contribution in [2.45, 2.75) is 45.1 Å². The molecule has 0 aromatic heterocycles. The van der Waals surface area contributed by atoms with Crippen LogP contribution < -0.4 is 5.32 Å². The molecule has 0 saturated heterocycles. The number of nitrogens with zero attached hydrogens (tertiary/aromatic N) is 1. The van der Waals surface area contributed by atoms with Crippen molar-refractivity contribution in [1.82, 2.24) is 10.2 Å². The summed E-state index contributed by atoms with van der Waals surface area (Å²) in [6.45, 7) is 5.70. The van der Waals surface area contributed by atoms with Gasteiger partial charge in [-0.1, -0.05) is 37.1 Å². The first-order chi connectivity index (χ1) is 10.2. The highest BCUT2D eigenvalue weighted by Crippen LogP contribution is 2.27. The molecule has 0 aliphatic heterocycles. The summed E-state index contributed by atoms with van der Waals surface area (Å²) in [5.41, 5.74) is 1.35. The van der Waals surface area contributed by atoms with E-state index in [1.165, 1.54) is 37.8 Å². The van der Waals surface area contributed by atoms with Gasteiger partial charge in [-0.2, -0.15) is 0 Å². The second kappa shape index (κ2) is 8.77. The van der Waals surface area contributed by atoms with Gasteiger partial charge >= 0.3 is 0 Å². The fraction of sp³-hybridized carbons (Fsp3) is 0.667. The normalized spacial score (nSPS) is 17.0. The maximum Gasteiger partial charge on any atom is 0.0406 e. The van der Waals surface area contributed by atoms with E-state index < -0.39 is 0 Å². The van der Waals surface area contributed by atoms with Gasteiger partial charge in [0.1, 0.15) is 0 Å². The van der Waals surface area contributed by atoms with Crippen LogP contribution in [0, 0.1) is 5.92 Å². The van der Waals surface area contributed by atoms with Crippen LogP contribution in [0.3, 0.4) is 0 Å². The smallest absolute Gasteiger partial charge is 0.0406 e. The monoisotopic (exact) mass is 308 g/mol. The van der Waals surface area contributed by atoms with Gasteiger partial charge in [-0.25, -0.2) is 0 Å². The molecule has 118 valence electrons. The Hall–Kier alpha value is -0.570. The number of rotatable bonds is 9. The summed E-state index contributed by atoms with van der Waals surface area (Å²) in [4.78, 5) is 2.50. The summed E-state index contributed by atoms with van der Waals surface area (Å²) < 4.78 is 0. The van der Waals surface area contributed by atoms with E-state index in [9.17, 15) is 0 Å². The number of halogens is 1. The van der Waals surface area contributed by atoms with E-state index in [-0.39, 0.29) is 0 Å². The third kappa shape index (κ3) is 5.61. The molecule has 0 spiro atoms. The lowest BCUT2D eigenvalue weighted by atomic mass is 9.85. The molecule has 0 bridgehead atoms. The summed E-state index contributed by atoms with van der Waals surface area (Å²) in [7, 11) is 2.26. The molecule has 1 atom stereocenters. The zero-order chi connectivity index (χ0) is 15.1. The van der Waals surface area contributed by atoms with E-state index in [4.69, 9.17) is 11.6 Å². The minimum Gasteiger partial charge on any atom is -0.310 e. The maximum atomic E-state index is 6.00. The quantitative estimate of drug-likeness (QED) is 0.722. The van der Waals surface area contributed by atoms with E-state index >= 15 is 0 Å². The Morgan fingerprint density at radius 3 is 2.57 bits per heavy atom. The van der Waals surface area contributed by atoms with Crippen molar-refractivity contribution in [1.29, 1.82) is 0 Å². The molecule has 1 N–H and O–H groups in total. The average molecular weight is 309 g/mol. The van der Waals surface area contributed by atoms with Gasteiger partial charge in [0.05, 0.1) is 0 Å². The maximum absolute atomic E-state index is 6.00. The van der Waals surface area contributed by atoms with Crippen molar-refractivity contribution in [3.8, 4) is 0 Å². The molecule has 0 radical (unpaired) electrons. The Kier molecular flexibility index (Phi) is 7.01. The molecule has 1 aromatic carbocycles. The Morgan fingerprint density at radius 2 is 2.00 bits per heavy atom. The van der Waals surface area contributed by atoms with Gasteiger partial charge in [-0.15, -0.1) is 0 Å². The lowest BCUT2D eigenvalue weighted by Gasteiger charge is -2.31. The lowest BCUT2D eigenvalue weighted by Crippen LogP contribution is -2.32. The van der Waals surface area contributed by atoms with Crippen LogP contribution in [-0.2, 0) is 0 Å². The highest BCUT2D eigenvalue weighted by molar-refractivity contribution is 6.30. The predicted molar refractivity (Wildman–Crippen MR) is 91.9 cm³/mol. The highest BCUT2D eigenvalue weighted by atomic mass is 35.5. The molecular formula is C18H29ClN2. The Balaban J connectivity index is 1.84. The summed E-state index contributed by atoms with van der Waals surface area (Å²) >= 11 is 6.00. The Bertz CT molecular complexity index is 400. The van der Waals surface area contributed by atoms with Crippen molar-refractivity contribution in [2.24, 2.45) is 5.92 Å². The molecule has 0 heterocycles. The van der Waals surface area contributed by atoms with Crippen LogP contribution in [0.2, 0.25) is 5.02 Å². The predicted octanol–water partition coefficient (Wildman–Crippen LogP) is 4.50. The van der Waals surface area contributed by atoms with Crippen molar-refractivity contribution >= 4 is 11.6 Å². The lowest BCUT2D eigenvalue weighted by molar-refractivity contribution is 0.199. The molecule has 1 unspecified atom stereocenters. The third-order valence-corrected chi connectivity index (χ3v) is 4.76. The van der Waals surface area contributed by atoms with Crippen LogP contribution in [0.1, 0.15) is 50.6 Å². The molecule has 2 rings (SSSR count). The van der Waals surface area contributed by atoms with Crippen LogP contribution >= 0.6 is 11.6 Å². The van der Waals surface area contributed by atoms with E-state index in [2.05, 4.69) is 36.3 Å². The highest BCUT2D eigenvalue weighted by Gasteiger charge is 2.19. The molecule has 1 fully saturated rings. The van der Waals surface area contributed by atoms with Crippen LogP contribution in [0.15, 0.2) is 24.3 Å². The van der Waals surface area contributed by atoms with Crippen molar-refractivity contribution in [3.05, 3.63) is 34.9 Å². The van der Waals surface area contributed by atoms with Crippen LogP contribution in [-0.4, -0.2) is 31.6 Å². The molecule has 1 saturated carbocycles. The van der Waals surface area contributed by atoms with E-state index in [1.54, 1.807) is 0 Å². The van der Waals surface area contributed by atoms with Gasteiger partial charge in [-0.3, -0.25) is 0 Å². The summed E-state index contributed by atoms with van der Waals surface area (Å²) in [6.07, 6.45) is 6.62. The summed E-state index contributed by atoms with van der Waals surface area (Å²) in [6, 6.07) is 8.74. The van der Waals surface area contributed by atoms with Crippen LogP contribution in [0.5, 0.6) is 0 Å². The van der Waals surface area contributed by atoms with Crippen molar-refractivity contribution in [2.75, 3.05) is 26.7 Å². The molecule has 0 amide bonds. The first-order valence-corrected chi connectivity index (χ1v) is 8.74. The minimum absolute atomic E-state index is 0.436. The number of nitrogens with one attached hydrogen (secondary N) is 1. The van der Waals surface area contributed by atoms with Crippen molar-refractivity contribution in [3.63, 3.8) is 0 Å². The minimum atomic E-state index is 0.436. The molecule has 1 aromatic rings. The SMILES string of the molecule is CCCNC(CCN(C)CC1CCC1)c1ccc(Cl)cc1. The van der Waals surface area contributed by atoms with Gasteiger partial charge in [0.25, 0.3) is 0 Å². The molecule has 21 heavy (non-hydrogen) atoms. The van der Waals surface area contributed by atoms with Gasteiger partial charge in [0.2, 0.25) is 0 Å². The molecule has 1 aliphatic rings. The first kappa shape index (κ1) is 16.8. The number of hydrogen-bond donors (Lipinski definition) is 1. The average Bonchev–Trinajstić information content (AvgIpc) is 2.44. The fourth-order valence-electron chi connectivity index (χ4n) is 2.96. The van der Waals surface area contributed by atoms with E-state index in [1.807, 2.05) is 12.1 Å². The fourth-order valence-corrected chi connectivity index (χ4v) is 3.08. The van der Waals surface area contributed by atoms with Crippen molar-refractivity contribution < 1.29 is 0 Å². The summed E-state index contributed by atoms with van der Waals surface area (Å²) in [5.74, 6) is 0.951. The van der Waals surface area contributed by atoms with Gasteiger partial charge < -0.3 is 10.2 Å². The zero-order valence-electron chi connectivity index (χ0n) is 13.4. The molecule has 2 nitrogen and oxygen atoms in total. The topological polar surface area (TPSA) is 15.3 Å². The molecular weight excluding hydrogens is 280 g/mol. The molecule has 1 aliphatic carbocycles. The zero-order valence-corrected chi connectivity index (χ0v) is 14.2. The summed E-state index contributed by atoms with van der Waals surface area (Å²) in [5, 5.41) is 4.49. The Labute approximate surface area is 134 Å².